The van der Waals surface area contributed by atoms with Gasteiger partial charge in [0.1, 0.15) is 0 Å². The number of allylic oxidation sites excluding steroid dienone is 2. The highest BCUT2D eigenvalue weighted by atomic mass is 19.4. The van der Waals surface area contributed by atoms with Crippen LogP contribution in [0.15, 0.2) is 30.4 Å². The summed E-state index contributed by atoms with van der Waals surface area (Å²) in [5.41, 5.74) is 0.318. The maximum atomic E-state index is 13.7. The van der Waals surface area contributed by atoms with Crippen LogP contribution in [0, 0.1) is 41.3 Å². The van der Waals surface area contributed by atoms with Crippen LogP contribution < -0.4 is 4.74 Å². The molecule has 0 heterocycles. The Labute approximate surface area is 189 Å². The number of hydrogen-bond donors (Lipinski definition) is 0. The predicted molar refractivity (Wildman–Crippen MR) is 120 cm³/mol. The highest BCUT2D eigenvalue weighted by molar-refractivity contribution is 5.41. The standard InChI is InChI=1S/C27H34F4O/c1-2-20-7-9-22(10-8-20)15-16-23-13-11-21(12-14-23)5-3-4-6-24-17-18-26(25(28)19-24)32-27(29,30)31/h3,5,17-23H,2,7-16H2,1H3. The van der Waals surface area contributed by atoms with Crippen LogP contribution in [0.25, 0.3) is 0 Å². The Balaban J connectivity index is 1.37. The van der Waals surface area contributed by atoms with Gasteiger partial charge in [-0.1, -0.05) is 69.8 Å². The molecule has 0 unspecified atom stereocenters. The topological polar surface area (TPSA) is 9.23 Å². The van der Waals surface area contributed by atoms with Crippen LogP contribution >= 0.6 is 0 Å². The van der Waals surface area contributed by atoms with Crippen molar-refractivity contribution < 1.29 is 22.3 Å². The fourth-order valence-corrected chi connectivity index (χ4v) is 5.16. The fraction of sp³-hybridized carbons (Fsp3) is 0.630. The molecule has 2 aliphatic carbocycles. The fourth-order valence-electron chi connectivity index (χ4n) is 5.16. The highest BCUT2D eigenvalue weighted by Crippen LogP contribution is 2.37. The number of rotatable bonds is 6. The molecule has 0 spiro atoms. The van der Waals surface area contributed by atoms with Crippen LogP contribution in [-0.4, -0.2) is 6.36 Å². The van der Waals surface area contributed by atoms with Gasteiger partial charge in [0, 0.05) is 5.56 Å². The number of halogens is 4. The molecule has 2 aliphatic rings. The van der Waals surface area contributed by atoms with Gasteiger partial charge in [0.05, 0.1) is 0 Å². The Kier molecular flexibility index (Phi) is 9.08. The van der Waals surface area contributed by atoms with Gasteiger partial charge >= 0.3 is 6.36 Å². The van der Waals surface area contributed by atoms with Crippen molar-refractivity contribution in [3.8, 4) is 17.6 Å². The molecule has 3 rings (SSSR count). The summed E-state index contributed by atoms with van der Waals surface area (Å²) in [6.45, 7) is 2.32. The molecule has 0 atom stereocenters. The lowest BCUT2D eigenvalue weighted by Gasteiger charge is -2.31. The first-order valence-electron chi connectivity index (χ1n) is 12.1. The van der Waals surface area contributed by atoms with E-state index in [4.69, 9.17) is 0 Å². The molecule has 1 nitrogen and oxygen atoms in total. The summed E-state index contributed by atoms with van der Waals surface area (Å²) in [7, 11) is 0. The van der Waals surface area contributed by atoms with Crippen molar-refractivity contribution in [2.45, 2.75) is 83.9 Å². The molecule has 5 heteroatoms. The average molecular weight is 451 g/mol. The molecule has 2 fully saturated rings. The third kappa shape index (κ3) is 8.19. The molecule has 176 valence electrons. The Hall–Kier alpha value is -1.96. The van der Waals surface area contributed by atoms with Crippen molar-refractivity contribution in [3.05, 3.63) is 41.7 Å². The Morgan fingerprint density at radius 3 is 2.09 bits per heavy atom. The molecule has 0 aliphatic heterocycles. The van der Waals surface area contributed by atoms with E-state index in [0.717, 1.165) is 29.9 Å². The molecule has 0 radical (unpaired) electrons. The van der Waals surface area contributed by atoms with Crippen molar-refractivity contribution in [2.24, 2.45) is 23.7 Å². The second kappa shape index (κ2) is 11.8. The van der Waals surface area contributed by atoms with E-state index in [2.05, 4.69) is 29.6 Å². The zero-order valence-corrected chi connectivity index (χ0v) is 18.9. The lowest BCUT2D eigenvalue weighted by atomic mass is 9.75. The zero-order valence-electron chi connectivity index (χ0n) is 18.9. The zero-order chi connectivity index (χ0) is 23.0. The SMILES string of the molecule is CCC1CCC(CCC2CCC(C=CC#Cc3ccc(OC(F)(F)F)c(F)c3)CC2)CC1. The van der Waals surface area contributed by atoms with Crippen molar-refractivity contribution in [3.63, 3.8) is 0 Å². The molecule has 0 N–H and O–H groups in total. The van der Waals surface area contributed by atoms with Gasteiger partial charge in [-0.25, -0.2) is 4.39 Å². The number of hydrogen-bond acceptors (Lipinski definition) is 1. The van der Waals surface area contributed by atoms with E-state index < -0.39 is 17.9 Å². The van der Waals surface area contributed by atoms with E-state index in [-0.39, 0.29) is 0 Å². The minimum absolute atomic E-state index is 0.318. The monoisotopic (exact) mass is 450 g/mol. The first-order chi connectivity index (χ1) is 15.3. The van der Waals surface area contributed by atoms with Crippen LogP contribution in [0.2, 0.25) is 0 Å². The molecule has 0 amide bonds. The van der Waals surface area contributed by atoms with Gasteiger partial charge in [0.2, 0.25) is 0 Å². The smallest absolute Gasteiger partial charge is 0.403 e. The number of ether oxygens (including phenoxy) is 1. The van der Waals surface area contributed by atoms with Crippen LogP contribution in [0.5, 0.6) is 5.75 Å². The second-order valence-electron chi connectivity index (χ2n) is 9.47. The largest absolute Gasteiger partial charge is 0.573 e. The molecular weight excluding hydrogens is 416 g/mol. The first-order valence-corrected chi connectivity index (χ1v) is 12.1. The van der Waals surface area contributed by atoms with E-state index >= 15 is 0 Å². The minimum Gasteiger partial charge on any atom is -0.403 e. The van der Waals surface area contributed by atoms with E-state index in [9.17, 15) is 17.6 Å². The lowest BCUT2D eigenvalue weighted by Crippen LogP contribution is -2.17. The second-order valence-corrected chi connectivity index (χ2v) is 9.47. The third-order valence-electron chi connectivity index (χ3n) is 7.24. The van der Waals surface area contributed by atoms with E-state index in [0.29, 0.717) is 11.5 Å². The highest BCUT2D eigenvalue weighted by Gasteiger charge is 2.32. The van der Waals surface area contributed by atoms with Gasteiger partial charge in [-0.15, -0.1) is 13.2 Å². The van der Waals surface area contributed by atoms with Crippen LogP contribution in [0.3, 0.4) is 0 Å². The normalized spacial score (nSPS) is 26.5. The number of alkyl halides is 3. The minimum atomic E-state index is -4.91. The van der Waals surface area contributed by atoms with Gasteiger partial charge in [-0.3, -0.25) is 0 Å². The molecule has 1 aromatic rings. The summed E-state index contributed by atoms with van der Waals surface area (Å²) in [6, 6.07) is 3.24. The van der Waals surface area contributed by atoms with Crippen molar-refractivity contribution in [1.29, 1.82) is 0 Å². The summed E-state index contributed by atoms with van der Waals surface area (Å²) in [4.78, 5) is 0. The summed E-state index contributed by atoms with van der Waals surface area (Å²) in [5, 5.41) is 0. The maximum Gasteiger partial charge on any atom is 0.573 e. The van der Waals surface area contributed by atoms with Crippen LogP contribution in [0.1, 0.15) is 83.1 Å². The summed E-state index contributed by atoms with van der Waals surface area (Å²) in [5.74, 6) is 7.03. The Bertz CT molecular complexity index is 801. The van der Waals surface area contributed by atoms with E-state index in [1.807, 2.05) is 0 Å². The van der Waals surface area contributed by atoms with Gasteiger partial charge in [0.15, 0.2) is 11.6 Å². The lowest BCUT2D eigenvalue weighted by molar-refractivity contribution is -0.275. The Morgan fingerprint density at radius 2 is 1.53 bits per heavy atom. The van der Waals surface area contributed by atoms with Crippen molar-refractivity contribution in [1.82, 2.24) is 0 Å². The predicted octanol–water partition coefficient (Wildman–Crippen LogP) is 8.44. The van der Waals surface area contributed by atoms with Gasteiger partial charge < -0.3 is 4.74 Å². The van der Waals surface area contributed by atoms with Gasteiger partial charge in [0.25, 0.3) is 0 Å². The quantitative estimate of drug-likeness (QED) is 0.312. The summed E-state index contributed by atoms with van der Waals surface area (Å²) < 4.78 is 53.9. The first kappa shape index (κ1) is 24.7. The Morgan fingerprint density at radius 1 is 0.938 bits per heavy atom. The van der Waals surface area contributed by atoms with Crippen molar-refractivity contribution in [2.75, 3.05) is 0 Å². The number of benzene rings is 1. The average Bonchev–Trinajstić information content (AvgIpc) is 2.77. The third-order valence-corrected chi connectivity index (χ3v) is 7.24. The molecule has 0 bridgehead atoms. The molecule has 1 aromatic carbocycles. The molecule has 32 heavy (non-hydrogen) atoms. The van der Waals surface area contributed by atoms with Gasteiger partial charge in [-0.05, 0) is 73.6 Å². The summed E-state index contributed by atoms with van der Waals surface area (Å²) >= 11 is 0. The molecule has 2 saturated carbocycles. The molecule has 0 saturated heterocycles. The van der Waals surface area contributed by atoms with Crippen LogP contribution in [0.4, 0.5) is 17.6 Å². The van der Waals surface area contributed by atoms with Crippen molar-refractivity contribution >= 4 is 0 Å². The maximum absolute atomic E-state index is 13.7. The molecular formula is C27H34F4O. The van der Waals surface area contributed by atoms with Gasteiger partial charge in [-0.2, -0.15) is 0 Å². The molecule has 0 aromatic heterocycles. The van der Waals surface area contributed by atoms with E-state index in [1.54, 1.807) is 6.08 Å². The van der Waals surface area contributed by atoms with E-state index in [1.165, 1.54) is 76.7 Å². The van der Waals surface area contributed by atoms with Crippen LogP contribution in [-0.2, 0) is 0 Å². The summed E-state index contributed by atoms with van der Waals surface area (Å²) in [6.07, 6.45) is 13.7.